The van der Waals surface area contributed by atoms with Crippen LogP contribution in [-0.4, -0.2) is 66.7 Å². The number of anilines is 3. The van der Waals surface area contributed by atoms with Crippen molar-refractivity contribution in [1.82, 2.24) is 28.8 Å². The van der Waals surface area contributed by atoms with Crippen molar-refractivity contribution in [1.29, 1.82) is 0 Å². The number of amides is 1. The van der Waals surface area contributed by atoms with E-state index in [0.29, 0.717) is 33.1 Å². The number of benzene rings is 2. The number of ether oxygens (including phenoxy) is 1. The molecule has 1 spiro atoms. The van der Waals surface area contributed by atoms with E-state index in [2.05, 4.69) is 37.3 Å². The lowest BCUT2D eigenvalue weighted by atomic mass is 9.79. The average molecular weight is 634 g/mol. The van der Waals surface area contributed by atoms with Crippen molar-refractivity contribution in [2.75, 3.05) is 36.4 Å². The third kappa shape index (κ3) is 4.99. The number of nitrogens with zero attached hydrogens (tertiary/aromatic N) is 7. The molecule has 44 heavy (non-hydrogen) atoms. The molecule has 226 valence electrons. The molecule has 5 heterocycles. The number of halogens is 2. The predicted octanol–water partition coefficient (Wildman–Crippen LogP) is 5.93. The van der Waals surface area contributed by atoms with Gasteiger partial charge in [-0.25, -0.2) is 19.3 Å². The summed E-state index contributed by atoms with van der Waals surface area (Å²) in [7, 11) is 0. The van der Waals surface area contributed by atoms with Crippen molar-refractivity contribution in [2.24, 2.45) is 5.41 Å². The molecule has 5 aromatic rings. The average Bonchev–Trinajstić information content (AvgIpc) is 3.62. The second-order valence-electron chi connectivity index (χ2n) is 12.4. The first kappa shape index (κ1) is 28.4. The van der Waals surface area contributed by atoms with Gasteiger partial charge in [0.05, 0.1) is 15.7 Å². The van der Waals surface area contributed by atoms with Crippen molar-refractivity contribution in [3.05, 3.63) is 81.5 Å². The van der Waals surface area contributed by atoms with Crippen LogP contribution in [0.2, 0.25) is 10.0 Å². The summed E-state index contributed by atoms with van der Waals surface area (Å²) >= 11 is 12.9. The fraction of sp³-hybridized carbons (Fsp3) is 0.323. The number of rotatable bonds is 4. The number of fused-ring (bicyclic) bond motifs is 3. The van der Waals surface area contributed by atoms with Gasteiger partial charge in [-0.3, -0.25) is 9.20 Å². The molecule has 0 saturated carbocycles. The molecule has 11 nitrogen and oxygen atoms in total. The van der Waals surface area contributed by atoms with Crippen LogP contribution >= 0.6 is 23.2 Å². The van der Waals surface area contributed by atoms with Crippen LogP contribution in [0.4, 0.5) is 22.1 Å². The van der Waals surface area contributed by atoms with Gasteiger partial charge in [-0.15, -0.1) is 0 Å². The maximum absolute atomic E-state index is 13.6. The molecule has 0 aliphatic carbocycles. The van der Waals surface area contributed by atoms with E-state index in [9.17, 15) is 9.59 Å². The molecule has 2 aliphatic heterocycles. The van der Waals surface area contributed by atoms with Gasteiger partial charge in [0.25, 0.3) is 5.56 Å². The first-order chi connectivity index (χ1) is 21.0. The van der Waals surface area contributed by atoms with Crippen molar-refractivity contribution >= 4 is 63.4 Å². The SMILES string of the molecule is CC(C)(C)OC(=O)N1CCC2(C1)CN(c1ccc(Nc3ncc4c(=O)n(-c5c(Cl)cccc5Cl)c5nccn5c4n3)cc1)C2. The van der Waals surface area contributed by atoms with E-state index in [1.54, 1.807) is 35.0 Å². The Morgan fingerprint density at radius 2 is 1.75 bits per heavy atom. The number of hydrogen-bond donors (Lipinski definition) is 1. The van der Waals surface area contributed by atoms with Crippen LogP contribution in [0.15, 0.2) is 65.8 Å². The zero-order chi connectivity index (χ0) is 30.8. The molecule has 2 aliphatic rings. The highest BCUT2D eigenvalue weighted by atomic mass is 35.5. The normalized spacial score (nSPS) is 16.1. The standard InChI is InChI=1S/C31H30Cl2N8O3/c1-30(2,3)44-29(43)38-13-11-31(16-38)17-39(18-31)20-9-7-19(8-10-20)36-27-35-15-21-25(37-27)40-14-12-34-28(40)41(26(21)42)24-22(32)5-4-6-23(24)33/h4-10,12,14-15H,11,13,16-18H2,1-3H3,(H,35,36,37). The number of aromatic nitrogens is 5. The number of imidazole rings is 1. The number of para-hydroxylation sites is 1. The Bertz CT molecular complexity index is 1960. The maximum Gasteiger partial charge on any atom is 0.410 e. The van der Waals surface area contributed by atoms with E-state index in [4.69, 9.17) is 27.9 Å². The van der Waals surface area contributed by atoms with E-state index in [0.717, 1.165) is 44.0 Å². The lowest BCUT2D eigenvalue weighted by Crippen LogP contribution is -2.58. The van der Waals surface area contributed by atoms with Crippen molar-refractivity contribution in [2.45, 2.75) is 32.8 Å². The fourth-order valence-corrected chi connectivity index (χ4v) is 6.58. The van der Waals surface area contributed by atoms with Gasteiger partial charge < -0.3 is 19.9 Å². The lowest BCUT2D eigenvalue weighted by Gasteiger charge is -2.49. The summed E-state index contributed by atoms with van der Waals surface area (Å²) in [5.74, 6) is 0.666. The monoisotopic (exact) mass is 632 g/mol. The van der Waals surface area contributed by atoms with Crippen LogP contribution in [0.5, 0.6) is 0 Å². The lowest BCUT2D eigenvalue weighted by molar-refractivity contribution is 0.0265. The van der Waals surface area contributed by atoms with Gasteiger partial charge in [-0.05, 0) is 63.6 Å². The highest BCUT2D eigenvalue weighted by Crippen LogP contribution is 2.42. The summed E-state index contributed by atoms with van der Waals surface area (Å²) in [6, 6.07) is 13.1. The van der Waals surface area contributed by atoms with Crippen LogP contribution in [0.3, 0.4) is 0 Å². The maximum atomic E-state index is 13.6. The minimum absolute atomic E-state index is 0.112. The first-order valence-corrected chi connectivity index (χ1v) is 15.1. The Balaban J connectivity index is 1.08. The topological polar surface area (TPSA) is 110 Å². The summed E-state index contributed by atoms with van der Waals surface area (Å²) in [6.45, 7) is 8.90. The Labute approximate surface area is 263 Å². The number of carbonyl (C=O) groups excluding carboxylic acids is 1. The number of likely N-dealkylation sites (tertiary alicyclic amines) is 1. The molecule has 2 saturated heterocycles. The summed E-state index contributed by atoms with van der Waals surface area (Å²) < 4.78 is 8.65. The molecule has 0 radical (unpaired) electrons. The van der Waals surface area contributed by atoms with Crippen LogP contribution in [0.25, 0.3) is 22.5 Å². The summed E-state index contributed by atoms with van der Waals surface area (Å²) in [5.41, 5.74) is 1.90. The van der Waals surface area contributed by atoms with Crippen LogP contribution < -0.4 is 15.8 Å². The van der Waals surface area contributed by atoms with Gasteiger partial charge >= 0.3 is 6.09 Å². The van der Waals surface area contributed by atoms with E-state index < -0.39 is 5.60 Å². The quantitative estimate of drug-likeness (QED) is 0.260. The Kier molecular flexibility index (Phi) is 6.71. The molecule has 0 bridgehead atoms. The molecule has 2 aromatic carbocycles. The minimum Gasteiger partial charge on any atom is -0.444 e. The molecule has 1 N–H and O–H groups in total. The van der Waals surface area contributed by atoms with Gasteiger partial charge in [-0.2, -0.15) is 4.98 Å². The molecule has 13 heteroatoms. The van der Waals surface area contributed by atoms with Crippen LogP contribution in [0, 0.1) is 5.41 Å². The highest BCUT2D eigenvalue weighted by molar-refractivity contribution is 6.37. The van der Waals surface area contributed by atoms with Gasteiger partial charge in [0, 0.05) is 61.6 Å². The number of nitrogens with one attached hydrogen (secondary N) is 1. The Morgan fingerprint density at radius 3 is 2.45 bits per heavy atom. The minimum atomic E-state index is -0.495. The Hall–Kier alpha value is -4.35. The molecule has 1 amide bonds. The summed E-state index contributed by atoms with van der Waals surface area (Å²) in [6.07, 6.45) is 5.54. The molecule has 2 fully saturated rings. The zero-order valence-corrected chi connectivity index (χ0v) is 25.9. The number of hydrogen-bond acceptors (Lipinski definition) is 8. The van der Waals surface area contributed by atoms with E-state index in [-0.39, 0.29) is 22.5 Å². The Morgan fingerprint density at radius 1 is 1.02 bits per heavy atom. The fourth-order valence-electron chi connectivity index (χ4n) is 6.02. The molecule has 3 aromatic heterocycles. The van der Waals surface area contributed by atoms with Gasteiger partial charge in [0.15, 0.2) is 5.65 Å². The van der Waals surface area contributed by atoms with Crippen LogP contribution in [-0.2, 0) is 4.74 Å². The third-order valence-corrected chi connectivity index (χ3v) is 8.65. The van der Waals surface area contributed by atoms with Crippen molar-refractivity contribution in [3.8, 4) is 5.69 Å². The van der Waals surface area contributed by atoms with Crippen molar-refractivity contribution < 1.29 is 9.53 Å². The number of carbonyl (C=O) groups is 1. The first-order valence-electron chi connectivity index (χ1n) is 14.3. The van der Waals surface area contributed by atoms with Crippen molar-refractivity contribution in [3.63, 3.8) is 0 Å². The van der Waals surface area contributed by atoms with E-state index >= 15 is 0 Å². The molecular weight excluding hydrogens is 603 g/mol. The third-order valence-electron chi connectivity index (χ3n) is 8.04. The van der Waals surface area contributed by atoms with Gasteiger partial charge in [-0.1, -0.05) is 29.3 Å². The van der Waals surface area contributed by atoms with Gasteiger partial charge in [0.2, 0.25) is 11.7 Å². The van der Waals surface area contributed by atoms with E-state index in [1.807, 2.05) is 37.8 Å². The van der Waals surface area contributed by atoms with Crippen LogP contribution in [0.1, 0.15) is 27.2 Å². The molecular formula is C31H30Cl2N8O3. The zero-order valence-electron chi connectivity index (χ0n) is 24.4. The van der Waals surface area contributed by atoms with Gasteiger partial charge in [0.1, 0.15) is 11.0 Å². The molecule has 0 atom stereocenters. The largest absolute Gasteiger partial charge is 0.444 e. The second-order valence-corrected chi connectivity index (χ2v) is 13.2. The molecule has 7 rings (SSSR count). The molecule has 0 unspecified atom stereocenters. The predicted molar refractivity (Wildman–Crippen MR) is 171 cm³/mol. The summed E-state index contributed by atoms with van der Waals surface area (Å²) in [4.78, 5) is 43.7. The van der Waals surface area contributed by atoms with E-state index in [1.165, 1.54) is 10.8 Å². The summed E-state index contributed by atoms with van der Waals surface area (Å²) in [5, 5.41) is 4.18. The highest BCUT2D eigenvalue weighted by Gasteiger charge is 2.49. The second kappa shape index (κ2) is 10.4. The smallest absolute Gasteiger partial charge is 0.410 e.